The third kappa shape index (κ3) is 2.22. The summed E-state index contributed by atoms with van der Waals surface area (Å²) >= 11 is 11.6. The zero-order valence-corrected chi connectivity index (χ0v) is 7.57. The first kappa shape index (κ1) is 8.11. The maximum atomic E-state index is 5.79. The van der Waals surface area contributed by atoms with Crippen LogP contribution in [0.2, 0.25) is 0 Å². The molecule has 0 aromatic carbocycles. The number of ether oxygens (including phenoxy) is 2. The first-order valence-corrected chi connectivity index (χ1v) is 4.51. The Kier molecular flexibility index (Phi) is 2.04. The second-order valence-corrected chi connectivity index (χ2v) is 4.70. The SMILES string of the molecule is ClC1(Cl)C[C@H]1COC[C@@H]1CO1. The second-order valence-electron chi connectivity index (χ2n) is 3.15. The number of hydrogen-bond donors (Lipinski definition) is 0. The summed E-state index contributed by atoms with van der Waals surface area (Å²) in [5.41, 5.74) is 0. The number of epoxide rings is 1. The molecule has 2 nitrogen and oxygen atoms in total. The highest BCUT2D eigenvalue weighted by atomic mass is 35.5. The van der Waals surface area contributed by atoms with Crippen molar-refractivity contribution in [1.29, 1.82) is 0 Å². The first-order chi connectivity index (χ1) is 5.18. The molecule has 1 saturated heterocycles. The highest BCUT2D eigenvalue weighted by Crippen LogP contribution is 2.53. The fourth-order valence-electron chi connectivity index (χ4n) is 0.956. The molecule has 0 spiro atoms. The Bertz CT molecular complexity index is 157. The average molecular weight is 197 g/mol. The summed E-state index contributed by atoms with van der Waals surface area (Å²) in [7, 11) is 0. The first-order valence-electron chi connectivity index (χ1n) is 3.75. The van der Waals surface area contributed by atoms with Crippen molar-refractivity contribution in [3.05, 3.63) is 0 Å². The van der Waals surface area contributed by atoms with Gasteiger partial charge in [-0.25, -0.2) is 0 Å². The van der Waals surface area contributed by atoms with Gasteiger partial charge in [-0.05, 0) is 6.42 Å². The quantitative estimate of drug-likeness (QED) is 0.504. The van der Waals surface area contributed by atoms with Crippen molar-refractivity contribution in [3.63, 3.8) is 0 Å². The van der Waals surface area contributed by atoms with E-state index >= 15 is 0 Å². The van der Waals surface area contributed by atoms with Gasteiger partial charge in [0.2, 0.25) is 0 Å². The van der Waals surface area contributed by atoms with Crippen LogP contribution >= 0.6 is 23.2 Å². The Morgan fingerprint density at radius 1 is 1.45 bits per heavy atom. The van der Waals surface area contributed by atoms with Crippen LogP contribution in [0.1, 0.15) is 6.42 Å². The average Bonchev–Trinajstić information content (AvgIpc) is 2.75. The van der Waals surface area contributed by atoms with Gasteiger partial charge >= 0.3 is 0 Å². The summed E-state index contributed by atoms with van der Waals surface area (Å²) in [5, 5.41) is 0. The molecular formula is C7H10Cl2O2. The predicted octanol–water partition coefficient (Wildman–Crippen LogP) is 1.60. The minimum atomic E-state index is -0.496. The molecule has 0 N–H and O–H groups in total. The third-order valence-electron chi connectivity index (χ3n) is 1.98. The molecule has 2 fully saturated rings. The number of rotatable bonds is 4. The van der Waals surface area contributed by atoms with Crippen LogP contribution in [0.15, 0.2) is 0 Å². The van der Waals surface area contributed by atoms with Gasteiger partial charge in [-0.3, -0.25) is 0 Å². The second kappa shape index (κ2) is 2.77. The van der Waals surface area contributed by atoms with Crippen LogP contribution in [-0.2, 0) is 9.47 Å². The van der Waals surface area contributed by atoms with Crippen molar-refractivity contribution in [2.75, 3.05) is 19.8 Å². The molecule has 0 aromatic rings. The molecule has 64 valence electrons. The van der Waals surface area contributed by atoms with Crippen LogP contribution in [0.4, 0.5) is 0 Å². The molecule has 0 amide bonds. The molecule has 0 bridgehead atoms. The van der Waals surface area contributed by atoms with E-state index in [1.807, 2.05) is 0 Å². The van der Waals surface area contributed by atoms with Crippen molar-refractivity contribution in [3.8, 4) is 0 Å². The Labute approximate surface area is 75.8 Å². The largest absolute Gasteiger partial charge is 0.378 e. The van der Waals surface area contributed by atoms with E-state index in [2.05, 4.69) is 0 Å². The molecule has 4 heteroatoms. The van der Waals surface area contributed by atoms with Crippen molar-refractivity contribution < 1.29 is 9.47 Å². The zero-order chi connectivity index (χ0) is 7.90. The van der Waals surface area contributed by atoms with Crippen molar-refractivity contribution in [2.45, 2.75) is 16.9 Å². The Morgan fingerprint density at radius 3 is 2.55 bits per heavy atom. The fourth-order valence-corrected chi connectivity index (χ4v) is 1.45. The minimum Gasteiger partial charge on any atom is -0.378 e. The van der Waals surface area contributed by atoms with Gasteiger partial charge in [0.15, 0.2) is 0 Å². The van der Waals surface area contributed by atoms with E-state index in [9.17, 15) is 0 Å². The topological polar surface area (TPSA) is 21.8 Å². The van der Waals surface area contributed by atoms with Gasteiger partial charge in [-0.15, -0.1) is 23.2 Å². The maximum Gasteiger partial charge on any atom is 0.123 e. The normalized spacial score (nSPS) is 38.7. The molecule has 2 rings (SSSR count). The number of alkyl halides is 2. The van der Waals surface area contributed by atoms with Crippen LogP contribution in [0.25, 0.3) is 0 Å². The lowest BCUT2D eigenvalue weighted by Crippen LogP contribution is -2.06. The molecular weight excluding hydrogens is 187 g/mol. The van der Waals surface area contributed by atoms with Gasteiger partial charge < -0.3 is 9.47 Å². The number of hydrogen-bond acceptors (Lipinski definition) is 2. The van der Waals surface area contributed by atoms with E-state index in [0.717, 1.165) is 13.0 Å². The summed E-state index contributed by atoms with van der Waals surface area (Å²) in [6.45, 7) is 2.21. The minimum absolute atomic E-state index is 0.338. The molecule has 11 heavy (non-hydrogen) atoms. The molecule has 0 aromatic heterocycles. The molecule has 1 aliphatic carbocycles. The lowest BCUT2D eigenvalue weighted by atomic mass is 10.4. The van der Waals surface area contributed by atoms with Crippen LogP contribution in [0, 0.1) is 5.92 Å². The van der Waals surface area contributed by atoms with E-state index in [1.54, 1.807) is 0 Å². The smallest absolute Gasteiger partial charge is 0.123 e. The summed E-state index contributed by atoms with van der Waals surface area (Å²) in [5.74, 6) is 0.338. The van der Waals surface area contributed by atoms with Gasteiger partial charge in [0.05, 0.1) is 19.8 Å². The van der Waals surface area contributed by atoms with Crippen LogP contribution < -0.4 is 0 Å². The van der Waals surface area contributed by atoms with E-state index in [0.29, 0.717) is 25.2 Å². The third-order valence-corrected chi connectivity index (χ3v) is 2.91. The Balaban J connectivity index is 1.54. The van der Waals surface area contributed by atoms with Crippen LogP contribution in [-0.4, -0.2) is 30.3 Å². The molecule has 1 saturated carbocycles. The molecule has 1 heterocycles. The molecule has 1 aliphatic heterocycles. The van der Waals surface area contributed by atoms with E-state index in [1.165, 1.54) is 0 Å². The highest BCUT2D eigenvalue weighted by molar-refractivity contribution is 6.50. The lowest BCUT2D eigenvalue weighted by Gasteiger charge is -2.00. The van der Waals surface area contributed by atoms with E-state index < -0.39 is 4.33 Å². The van der Waals surface area contributed by atoms with Gasteiger partial charge in [0.1, 0.15) is 10.4 Å². The van der Waals surface area contributed by atoms with Gasteiger partial charge in [-0.2, -0.15) is 0 Å². The highest BCUT2D eigenvalue weighted by Gasteiger charge is 2.51. The Hall–Kier alpha value is 0.500. The predicted molar refractivity (Wildman–Crippen MR) is 43.1 cm³/mol. The summed E-state index contributed by atoms with van der Waals surface area (Å²) in [4.78, 5) is 0. The summed E-state index contributed by atoms with van der Waals surface area (Å²) < 4.78 is 9.80. The summed E-state index contributed by atoms with van der Waals surface area (Å²) in [6.07, 6.45) is 1.20. The zero-order valence-electron chi connectivity index (χ0n) is 6.06. The fraction of sp³-hybridized carbons (Fsp3) is 1.00. The van der Waals surface area contributed by atoms with Crippen LogP contribution in [0.3, 0.4) is 0 Å². The lowest BCUT2D eigenvalue weighted by molar-refractivity contribution is 0.107. The maximum absolute atomic E-state index is 5.79. The van der Waals surface area contributed by atoms with Gasteiger partial charge in [-0.1, -0.05) is 0 Å². The molecule has 2 aliphatic rings. The van der Waals surface area contributed by atoms with E-state index in [4.69, 9.17) is 32.7 Å². The Morgan fingerprint density at radius 2 is 2.09 bits per heavy atom. The van der Waals surface area contributed by atoms with Crippen LogP contribution in [0.5, 0.6) is 0 Å². The summed E-state index contributed by atoms with van der Waals surface area (Å²) in [6, 6.07) is 0. The van der Waals surface area contributed by atoms with Gasteiger partial charge in [0, 0.05) is 5.92 Å². The molecule has 0 unspecified atom stereocenters. The molecule has 2 atom stereocenters. The number of halogens is 2. The molecule has 0 radical (unpaired) electrons. The van der Waals surface area contributed by atoms with Crippen molar-refractivity contribution in [2.24, 2.45) is 5.92 Å². The van der Waals surface area contributed by atoms with E-state index in [-0.39, 0.29) is 0 Å². The monoisotopic (exact) mass is 196 g/mol. The van der Waals surface area contributed by atoms with Crippen molar-refractivity contribution in [1.82, 2.24) is 0 Å². The standard InChI is InChI=1S/C7H10Cl2O2/c8-7(9)1-5(7)2-10-3-6-4-11-6/h5-6H,1-4H2/t5-,6+/m0/s1. The van der Waals surface area contributed by atoms with Gasteiger partial charge in [0.25, 0.3) is 0 Å². The van der Waals surface area contributed by atoms with Crippen molar-refractivity contribution >= 4 is 23.2 Å².